The second-order valence-corrected chi connectivity index (χ2v) is 7.50. The van der Waals surface area contributed by atoms with Crippen LogP contribution in [0.15, 0.2) is 70.5 Å². The zero-order chi connectivity index (χ0) is 17.4. The summed E-state index contributed by atoms with van der Waals surface area (Å²) in [5.41, 5.74) is 0. The van der Waals surface area contributed by atoms with Crippen molar-refractivity contribution in [1.82, 2.24) is 0 Å². The van der Waals surface area contributed by atoms with E-state index in [0.29, 0.717) is 26.4 Å². The predicted octanol–water partition coefficient (Wildman–Crippen LogP) is 4.62. The molecule has 25 heavy (non-hydrogen) atoms. The topological polar surface area (TPSA) is 27.7 Å². The smallest absolute Gasteiger partial charge is 0.0701 e. The van der Waals surface area contributed by atoms with Crippen molar-refractivity contribution in [3.05, 3.63) is 60.7 Å². The molecular formula is C20H26O3S2. The first-order valence-corrected chi connectivity index (χ1v) is 10.5. The van der Waals surface area contributed by atoms with Gasteiger partial charge in [-0.15, -0.1) is 23.5 Å². The molecule has 0 bridgehead atoms. The molecule has 0 fully saturated rings. The van der Waals surface area contributed by atoms with Crippen LogP contribution < -0.4 is 0 Å². The number of rotatable bonds is 14. The van der Waals surface area contributed by atoms with Crippen LogP contribution in [0, 0.1) is 0 Å². The quantitative estimate of drug-likeness (QED) is 0.353. The van der Waals surface area contributed by atoms with Gasteiger partial charge >= 0.3 is 0 Å². The van der Waals surface area contributed by atoms with E-state index in [1.165, 1.54) is 9.79 Å². The summed E-state index contributed by atoms with van der Waals surface area (Å²) in [6, 6.07) is 20.8. The zero-order valence-electron chi connectivity index (χ0n) is 14.5. The number of hydrogen-bond donors (Lipinski definition) is 0. The highest BCUT2D eigenvalue weighted by molar-refractivity contribution is 7.99. The SMILES string of the molecule is c1ccc(SCCOCCOCCOCCSc2ccccc2)cc1. The molecule has 0 aliphatic rings. The van der Waals surface area contributed by atoms with Crippen LogP contribution in [0.25, 0.3) is 0 Å². The van der Waals surface area contributed by atoms with Gasteiger partial charge in [-0.25, -0.2) is 0 Å². The molecule has 0 aromatic heterocycles. The molecule has 3 nitrogen and oxygen atoms in total. The molecule has 0 saturated carbocycles. The Bertz CT molecular complexity index is 488. The largest absolute Gasteiger partial charge is 0.378 e. The van der Waals surface area contributed by atoms with Crippen LogP contribution in [0.4, 0.5) is 0 Å². The fourth-order valence-corrected chi connectivity index (χ4v) is 3.59. The Balaban J connectivity index is 1.30. The van der Waals surface area contributed by atoms with Crippen molar-refractivity contribution in [3.63, 3.8) is 0 Å². The minimum Gasteiger partial charge on any atom is -0.378 e. The molecule has 2 aromatic carbocycles. The molecule has 0 radical (unpaired) electrons. The molecule has 2 aromatic rings. The Kier molecular flexibility index (Phi) is 11.6. The van der Waals surface area contributed by atoms with Crippen LogP contribution in [-0.2, 0) is 14.2 Å². The molecule has 0 N–H and O–H groups in total. The van der Waals surface area contributed by atoms with E-state index in [2.05, 4.69) is 48.5 Å². The van der Waals surface area contributed by atoms with Gasteiger partial charge in [-0.1, -0.05) is 36.4 Å². The molecule has 5 heteroatoms. The van der Waals surface area contributed by atoms with Crippen LogP contribution in [0.1, 0.15) is 0 Å². The van der Waals surface area contributed by atoms with Crippen molar-refractivity contribution in [2.24, 2.45) is 0 Å². The van der Waals surface area contributed by atoms with Crippen molar-refractivity contribution in [1.29, 1.82) is 0 Å². The number of benzene rings is 2. The molecule has 0 aliphatic carbocycles. The van der Waals surface area contributed by atoms with E-state index in [-0.39, 0.29) is 0 Å². The molecule has 136 valence electrons. The standard InChI is InChI=1S/C20H26O3S2/c1-3-7-19(8-4-1)24-17-15-22-13-11-21-12-14-23-16-18-25-20-9-5-2-6-10-20/h1-10H,11-18H2. The molecule has 2 rings (SSSR count). The normalized spacial score (nSPS) is 10.9. The van der Waals surface area contributed by atoms with Gasteiger partial charge in [0.2, 0.25) is 0 Å². The highest BCUT2D eigenvalue weighted by atomic mass is 32.2. The fourth-order valence-electron chi connectivity index (χ4n) is 2.01. The first kappa shape index (κ1) is 20.3. The maximum absolute atomic E-state index is 5.56. The molecule has 0 unspecified atom stereocenters. The van der Waals surface area contributed by atoms with Crippen molar-refractivity contribution >= 4 is 23.5 Å². The van der Waals surface area contributed by atoms with Gasteiger partial charge in [0.25, 0.3) is 0 Å². The average Bonchev–Trinajstić information content (AvgIpc) is 2.67. The van der Waals surface area contributed by atoms with Crippen molar-refractivity contribution in [2.75, 3.05) is 51.1 Å². The lowest BCUT2D eigenvalue weighted by molar-refractivity contribution is 0.0205. The molecular weight excluding hydrogens is 352 g/mol. The van der Waals surface area contributed by atoms with Gasteiger partial charge < -0.3 is 14.2 Å². The van der Waals surface area contributed by atoms with E-state index in [4.69, 9.17) is 14.2 Å². The summed E-state index contributed by atoms with van der Waals surface area (Å²) in [6.07, 6.45) is 0. The van der Waals surface area contributed by atoms with E-state index in [1.807, 2.05) is 35.7 Å². The monoisotopic (exact) mass is 378 g/mol. The van der Waals surface area contributed by atoms with Crippen LogP contribution in [0.5, 0.6) is 0 Å². The highest BCUT2D eigenvalue weighted by Crippen LogP contribution is 2.16. The fraction of sp³-hybridized carbons (Fsp3) is 0.400. The summed E-state index contributed by atoms with van der Waals surface area (Å²) >= 11 is 3.62. The summed E-state index contributed by atoms with van der Waals surface area (Å²) in [7, 11) is 0. The van der Waals surface area contributed by atoms with Gasteiger partial charge in [-0.05, 0) is 24.3 Å². The Hall–Kier alpha value is -0.980. The van der Waals surface area contributed by atoms with Gasteiger partial charge in [-0.3, -0.25) is 0 Å². The minimum absolute atomic E-state index is 0.623. The second-order valence-electron chi connectivity index (χ2n) is 5.16. The summed E-state index contributed by atoms with van der Waals surface area (Å²) in [5, 5.41) is 0. The summed E-state index contributed by atoms with van der Waals surface area (Å²) in [4.78, 5) is 2.56. The number of ether oxygens (including phenoxy) is 3. The Labute approximate surface area is 159 Å². The lowest BCUT2D eigenvalue weighted by Gasteiger charge is -2.07. The summed E-state index contributed by atoms with van der Waals surface area (Å²) in [6.45, 7) is 4.01. The third-order valence-corrected chi connectivity index (χ3v) is 5.18. The third-order valence-electron chi connectivity index (χ3n) is 3.22. The first-order chi connectivity index (χ1) is 12.4. The Morgan fingerprint density at radius 1 is 0.480 bits per heavy atom. The average molecular weight is 379 g/mol. The van der Waals surface area contributed by atoms with Crippen LogP contribution in [0.2, 0.25) is 0 Å². The molecule has 0 saturated heterocycles. The second kappa shape index (κ2) is 14.2. The molecule has 0 atom stereocenters. The van der Waals surface area contributed by atoms with E-state index in [9.17, 15) is 0 Å². The molecule has 0 amide bonds. The molecule has 0 spiro atoms. The van der Waals surface area contributed by atoms with E-state index in [1.54, 1.807) is 0 Å². The van der Waals surface area contributed by atoms with Crippen molar-refractivity contribution < 1.29 is 14.2 Å². The summed E-state index contributed by atoms with van der Waals surface area (Å²) in [5.74, 6) is 1.93. The number of thioether (sulfide) groups is 2. The maximum atomic E-state index is 5.56. The van der Waals surface area contributed by atoms with E-state index in [0.717, 1.165) is 24.7 Å². The zero-order valence-corrected chi connectivity index (χ0v) is 16.1. The molecule has 0 heterocycles. The van der Waals surface area contributed by atoms with Crippen molar-refractivity contribution in [2.45, 2.75) is 9.79 Å². The van der Waals surface area contributed by atoms with E-state index < -0.39 is 0 Å². The van der Waals surface area contributed by atoms with Gasteiger partial charge in [0.1, 0.15) is 0 Å². The third kappa shape index (κ3) is 10.6. The summed E-state index contributed by atoms with van der Waals surface area (Å²) < 4.78 is 16.6. The maximum Gasteiger partial charge on any atom is 0.0701 e. The number of hydrogen-bond acceptors (Lipinski definition) is 5. The first-order valence-electron chi connectivity index (χ1n) is 8.54. The predicted molar refractivity (Wildman–Crippen MR) is 107 cm³/mol. The minimum atomic E-state index is 0.623. The van der Waals surface area contributed by atoms with Crippen LogP contribution in [0.3, 0.4) is 0 Å². The molecule has 0 aliphatic heterocycles. The van der Waals surface area contributed by atoms with Gasteiger partial charge in [0, 0.05) is 21.3 Å². The Morgan fingerprint density at radius 3 is 1.24 bits per heavy atom. The van der Waals surface area contributed by atoms with Crippen LogP contribution >= 0.6 is 23.5 Å². The van der Waals surface area contributed by atoms with Gasteiger partial charge in [0.15, 0.2) is 0 Å². The van der Waals surface area contributed by atoms with Gasteiger partial charge in [-0.2, -0.15) is 0 Å². The lowest BCUT2D eigenvalue weighted by atomic mass is 10.4. The lowest BCUT2D eigenvalue weighted by Crippen LogP contribution is -2.11. The van der Waals surface area contributed by atoms with E-state index >= 15 is 0 Å². The van der Waals surface area contributed by atoms with Gasteiger partial charge in [0.05, 0.1) is 39.6 Å². The van der Waals surface area contributed by atoms with Crippen LogP contribution in [-0.4, -0.2) is 51.1 Å². The van der Waals surface area contributed by atoms with Crippen molar-refractivity contribution in [3.8, 4) is 0 Å². The Morgan fingerprint density at radius 2 is 0.840 bits per heavy atom. The highest BCUT2D eigenvalue weighted by Gasteiger charge is 1.95.